The third kappa shape index (κ3) is 2.52. The van der Waals surface area contributed by atoms with Gasteiger partial charge in [-0.3, -0.25) is 4.98 Å². The molecule has 0 fully saturated rings. The highest BCUT2D eigenvalue weighted by molar-refractivity contribution is 5.35. The summed E-state index contributed by atoms with van der Waals surface area (Å²) >= 11 is 0. The molecule has 0 saturated heterocycles. The number of rotatable bonds is 4. The van der Waals surface area contributed by atoms with Crippen LogP contribution in [0.25, 0.3) is 0 Å². The molecule has 0 unspecified atom stereocenters. The van der Waals surface area contributed by atoms with Crippen LogP contribution >= 0.6 is 0 Å². The van der Waals surface area contributed by atoms with Gasteiger partial charge in [-0.25, -0.2) is 4.98 Å². The summed E-state index contributed by atoms with van der Waals surface area (Å²) in [7, 11) is 1.94. The first kappa shape index (κ1) is 9.67. The fraction of sp³-hybridized carbons (Fsp3) is 0.333. The Morgan fingerprint density at radius 2 is 2.38 bits per heavy atom. The lowest BCUT2D eigenvalue weighted by atomic mass is 10.4. The minimum absolute atomic E-state index is 0.419. The number of nitrogens with zero attached hydrogens (tertiary/aromatic N) is 3. The van der Waals surface area contributed by atoms with Crippen molar-refractivity contribution in [2.24, 2.45) is 5.73 Å². The standard InChI is InChI=1S/C9H14N4/c1-3-4-13(2)9-7-11-6-8(5-10)12-9/h3,6-7H,1,4-5,10H2,2H3. The lowest BCUT2D eigenvalue weighted by molar-refractivity contribution is 0.913. The van der Waals surface area contributed by atoms with Crippen molar-refractivity contribution < 1.29 is 0 Å². The first-order valence-corrected chi connectivity index (χ1v) is 4.11. The highest BCUT2D eigenvalue weighted by atomic mass is 15.2. The van der Waals surface area contributed by atoms with Gasteiger partial charge in [0.25, 0.3) is 0 Å². The zero-order valence-corrected chi connectivity index (χ0v) is 7.77. The van der Waals surface area contributed by atoms with Crippen LogP contribution in [0.4, 0.5) is 5.82 Å². The molecule has 0 saturated carbocycles. The summed E-state index contributed by atoms with van der Waals surface area (Å²) in [6.45, 7) is 4.83. The normalized spacial score (nSPS) is 9.69. The number of hydrogen-bond donors (Lipinski definition) is 1. The zero-order chi connectivity index (χ0) is 9.68. The molecule has 1 heterocycles. The Balaban J connectivity index is 2.81. The molecule has 0 radical (unpaired) electrons. The maximum atomic E-state index is 5.45. The first-order chi connectivity index (χ1) is 6.27. The smallest absolute Gasteiger partial charge is 0.147 e. The number of aromatic nitrogens is 2. The van der Waals surface area contributed by atoms with Crippen LogP contribution < -0.4 is 10.6 Å². The van der Waals surface area contributed by atoms with Crippen LogP contribution in [0.1, 0.15) is 5.69 Å². The highest BCUT2D eigenvalue weighted by Gasteiger charge is 2.00. The molecular formula is C9H14N4. The largest absolute Gasteiger partial charge is 0.355 e. The van der Waals surface area contributed by atoms with Gasteiger partial charge in [0.2, 0.25) is 0 Å². The zero-order valence-electron chi connectivity index (χ0n) is 7.77. The van der Waals surface area contributed by atoms with Crippen molar-refractivity contribution in [3.63, 3.8) is 0 Å². The Morgan fingerprint density at radius 3 is 3.00 bits per heavy atom. The fourth-order valence-electron chi connectivity index (χ4n) is 0.964. The lowest BCUT2D eigenvalue weighted by Gasteiger charge is -2.15. The topological polar surface area (TPSA) is 55.0 Å². The van der Waals surface area contributed by atoms with E-state index in [1.54, 1.807) is 12.4 Å². The predicted octanol–water partition coefficient (Wildman–Crippen LogP) is 0.557. The summed E-state index contributed by atoms with van der Waals surface area (Å²) in [5, 5.41) is 0. The van der Waals surface area contributed by atoms with E-state index in [0.717, 1.165) is 18.1 Å². The van der Waals surface area contributed by atoms with Crippen LogP contribution in [0.3, 0.4) is 0 Å². The molecule has 1 aromatic heterocycles. The van der Waals surface area contributed by atoms with Crippen LogP contribution in [0, 0.1) is 0 Å². The van der Waals surface area contributed by atoms with E-state index < -0.39 is 0 Å². The molecule has 13 heavy (non-hydrogen) atoms. The predicted molar refractivity (Wildman–Crippen MR) is 53.4 cm³/mol. The van der Waals surface area contributed by atoms with E-state index in [1.165, 1.54) is 0 Å². The molecule has 0 aliphatic rings. The molecule has 0 aromatic carbocycles. The third-order valence-corrected chi connectivity index (χ3v) is 1.67. The average Bonchev–Trinajstić information content (AvgIpc) is 2.18. The molecule has 0 amide bonds. The van der Waals surface area contributed by atoms with Crippen molar-refractivity contribution in [3.8, 4) is 0 Å². The minimum atomic E-state index is 0.419. The molecule has 0 spiro atoms. The van der Waals surface area contributed by atoms with Crippen molar-refractivity contribution in [2.45, 2.75) is 6.54 Å². The molecule has 0 aliphatic heterocycles. The maximum absolute atomic E-state index is 5.45. The summed E-state index contributed by atoms with van der Waals surface area (Å²) in [6, 6.07) is 0. The summed E-state index contributed by atoms with van der Waals surface area (Å²) < 4.78 is 0. The highest BCUT2D eigenvalue weighted by Crippen LogP contribution is 2.06. The summed E-state index contributed by atoms with van der Waals surface area (Å²) in [6.07, 6.45) is 5.20. The van der Waals surface area contributed by atoms with Gasteiger partial charge in [0.1, 0.15) is 5.82 Å². The second kappa shape index (κ2) is 4.57. The van der Waals surface area contributed by atoms with Gasteiger partial charge in [-0.15, -0.1) is 6.58 Å². The molecule has 70 valence electrons. The lowest BCUT2D eigenvalue weighted by Crippen LogP contribution is -2.19. The molecule has 1 rings (SSSR count). The molecule has 4 nitrogen and oxygen atoms in total. The minimum Gasteiger partial charge on any atom is -0.355 e. The first-order valence-electron chi connectivity index (χ1n) is 4.11. The van der Waals surface area contributed by atoms with Crippen LogP contribution in [-0.4, -0.2) is 23.6 Å². The van der Waals surface area contributed by atoms with E-state index in [0.29, 0.717) is 6.54 Å². The van der Waals surface area contributed by atoms with Crippen molar-refractivity contribution >= 4 is 5.82 Å². The molecule has 1 aromatic rings. The monoisotopic (exact) mass is 178 g/mol. The fourth-order valence-corrected chi connectivity index (χ4v) is 0.964. The van der Waals surface area contributed by atoms with E-state index in [1.807, 2.05) is 18.0 Å². The maximum Gasteiger partial charge on any atom is 0.147 e. The summed E-state index contributed by atoms with van der Waals surface area (Å²) in [5.74, 6) is 0.822. The number of likely N-dealkylation sites (N-methyl/N-ethyl adjacent to an activating group) is 1. The van der Waals surface area contributed by atoms with Gasteiger partial charge in [0, 0.05) is 26.3 Å². The van der Waals surface area contributed by atoms with Crippen LogP contribution in [-0.2, 0) is 6.54 Å². The molecular weight excluding hydrogens is 164 g/mol. The van der Waals surface area contributed by atoms with E-state index in [9.17, 15) is 0 Å². The van der Waals surface area contributed by atoms with E-state index in [-0.39, 0.29) is 0 Å². The number of hydrogen-bond acceptors (Lipinski definition) is 4. The van der Waals surface area contributed by atoms with Gasteiger partial charge in [-0.2, -0.15) is 0 Å². The Hall–Kier alpha value is -1.42. The quantitative estimate of drug-likeness (QED) is 0.684. The summed E-state index contributed by atoms with van der Waals surface area (Å²) in [4.78, 5) is 10.3. The molecule has 2 N–H and O–H groups in total. The van der Waals surface area contributed by atoms with Gasteiger partial charge in [-0.05, 0) is 0 Å². The van der Waals surface area contributed by atoms with E-state index in [2.05, 4.69) is 16.5 Å². The third-order valence-electron chi connectivity index (χ3n) is 1.67. The second-order valence-corrected chi connectivity index (χ2v) is 2.74. The van der Waals surface area contributed by atoms with Crippen molar-refractivity contribution in [1.82, 2.24) is 9.97 Å². The van der Waals surface area contributed by atoms with Crippen LogP contribution in [0.5, 0.6) is 0 Å². The van der Waals surface area contributed by atoms with Crippen molar-refractivity contribution in [2.75, 3.05) is 18.5 Å². The number of anilines is 1. The second-order valence-electron chi connectivity index (χ2n) is 2.74. The average molecular weight is 178 g/mol. The Kier molecular flexibility index (Phi) is 3.40. The van der Waals surface area contributed by atoms with Gasteiger partial charge in [-0.1, -0.05) is 6.08 Å². The van der Waals surface area contributed by atoms with Crippen LogP contribution in [0.15, 0.2) is 25.0 Å². The van der Waals surface area contributed by atoms with Crippen molar-refractivity contribution in [1.29, 1.82) is 0 Å². The molecule has 4 heteroatoms. The van der Waals surface area contributed by atoms with Gasteiger partial charge < -0.3 is 10.6 Å². The SMILES string of the molecule is C=CCN(C)c1cncc(CN)n1. The van der Waals surface area contributed by atoms with Crippen LogP contribution in [0.2, 0.25) is 0 Å². The van der Waals surface area contributed by atoms with E-state index >= 15 is 0 Å². The Morgan fingerprint density at radius 1 is 1.62 bits per heavy atom. The Labute approximate surface area is 78.1 Å². The number of nitrogens with two attached hydrogens (primary N) is 1. The Bertz CT molecular complexity index is 285. The molecule has 0 atom stereocenters. The van der Waals surface area contributed by atoms with Gasteiger partial charge in [0.05, 0.1) is 11.9 Å². The van der Waals surface area contributed by atoms with Crippen molar-refractivity contribution in [3.05, 3.63) is 30.7 Å². The molecule has 0 bridgehead atoms. The van der Waals surface area contributed by atoms with Gasteiger partial charge in [0.15, 0.2) is 0 Å². The summed E-state index contributed by atoms with van der Waals surface area (Å²) in [5.41, 5.74) is 6.25. The molecule has 0 aliphatic carbocycles. The van der Waals surface area contributed by atoms with Gasteiger partial charge >= 0.3 is 0 Å². The van der Waals surface area contributed by atoms with E-state index in [4.69, 9.17) is 5.73 Å².